The van der Waals surface area contributed by atoms with Gasteiger partial charge in [0.1, 0.15) is 0 Å². The minimum atomic E-state index is 0.326. The maximum absolute atomic E-state index is 5.61. The highest BCUT2D eigenvalue weighted by molar-refractivity contribution is 5.64. The molecule has 3 aromatic rings. The number of nitrogens with zero attached hydrogens (tertiary/aromatic N) is 3. The second kappa shape index (κ2) is 7.08. The molecule has 2 aromatic heterocycles. The molecule has 1 saturated heterocycles. The lowest BCUT2D eigenvalue weighted by atomic mass is 9.95. The molecule has 0 amide bonds. The summed E-state index contributed by atoms with van der Waals surface area (Å²) in [4.78, 5) is 2.56. The first kappa shape index (κ1) is 17.0. The number of H-pyrrole nitrogens is 1. The van der Waals surface area contributed by atoms with Gasteiger partial charge in [-0.05, 0) is 45.7 Å². The van der Waals surface area contributed by atoms with Gasteiger partial charge in [0.2, 0.25) is 0 Å². The molecule has 1 fully saturated rings. The van der Waals surface area contributed by atoms with E-state index >= 15 is 0 Å². The zero-order chi connectivity index (χ0) is 18.1. The molecule has 0 radical (unpaired) electrons. The smallest absolute Gasteiger partial charge is 0.173 e. The Balaban J connectivity index is 1.65. The monoisotopic (exact) mass is 350 g/mol. The van der Waals surface area contributed by atoms with E-state index in [2.05, 4.69) is 58.4 Å². The molecule has 136 valence electrons. The summed E-state index contributed by atoms with van der Waals surface area (Å²) in [6.07, 6.45) is 5.49. The Morgan fingerprint density at radius 2 is 2.12 bits per heavy atom. The van der Waals surface area contributed by atoms with Gasteiger partial charge in [-0.3, -0.25) is 10.00 Å². The van der Waals surface area contributed by atoms with Gasteiger partial charge in [0.05, 0.1) is 29.2 Å². The molecule has 1 aliphatic heterocycles. The minimum Gasteiger partial charge on any atom is -0.356 e. The van der Waals surface area contributed by atoms with E-state index in [1.165, 1.54) is 24.0 Å². The maximum atomic E-state index is 5.61. The molecule has 4 rings (SSSR count). The minimum absolute atomic E-state index is 0.326. The summed E-state index contributed by atoms with van der Waals surface area (Å²) < 4.78 is 5.61. The number of likely N-dealkylation sites (tertiary alicyclic amines) is 1. The number of hydrogen-bond donors (Lipinski definition) is 1. The molecular formula is C21H26N4O. The predicted octanol–water partition coefficient (Wildman–Crippen LogP) is 4.72. The zero-order valence-corrected chi connectivity index (χ0v) is 15.7. The molecule has 3 heterocycles. The lowest BCUT2D eigenvalue weighted by Gasteiger charge is -2.35. The normalized spacial score (nSPS) is 18.3. The van der Waals surface area contributed by atoms with Crippen LogP contribution >= 0.6 is 0 Å². The van der Waals surface area contributed by atoms with Crippen LogP contribution in [0.15, 0.2) is 35.0 Å². The van der Waals surface area contributed by atoms with Crippen LogP contribution in [0.1, 0.15) is 53.4 Å². The van der Waals surface area contributed by atoms with E-state index in [1.807, 2.05) is 13.1 Å². The lowest BCUT2D eigenvalue weighted by Crippen LogP contribution is -2.33. The van der Waals surface area contributed by atoms with Gasteiger partial charge in [0.15, 0.2) is 5.76 Å². The van der Waals surface area contributed by atoms with Gasteiger partial charge in [-0.2, -0.15) is 5.10 Å². The molecule has 26 heavy (non-hydrogen) atoms. The second-order valence-corrected chi connectivity index (χ2v) is 7.39. The molecule has 1 unspecified atom stereocenters. The van der Waals surface area contributed by atoms with Crippen LogP contribution in [0.25, 0.3) is 11.3 Å². The average molecular weight is 350 g/mol. The van der Waals surface area contributed by atoms with Crippen LogP contribution in [-0.4, -0.2) is 26.8 Å². The molecule has 0 spiro atoms. The number of rotatable bonds is 4. The third-order valence-electron chi connectivity index (χ3n) is 5.49. The summed E-state index contributed by atoms with van der Waals surface area (Å²) in [5.41, 5.74) is 6.90. The standard InChI is InChI=1S/C21H26N4O/c1-14-7-6-8-17(11-14)13-25-10-5-4-9-19(25)20-18(12-22-23-20)21-15(2)16(3)24-26-21/h6-8,11-12,19H,4-5,9-10,13H2,1-3H3,(H,22,23). The molecule has 1 aliphatic rings. The van der Waals surface area contributed by atoms with E-state index in [0.717, 1.165) is 47.8 Å². The van der Waals surface area contributed by atoms with E-state index in [-0.39, 0.29) is 0 Å². The van der Waals surface area contributed by atoms with Crippen molar-refractivity contribution in [1.29, 1.82) is 0 Å². The Morgan fingerprint density at radius 3 is 2.88 bits per heavy atom. The van der Waals surface area contributed by atoms with E-state index in [4.69, 9.17) is 4.52 Å². The third-order valence-corrected chi connectivity index (χ3v) is 5.49. The fourth-order valence-corrected chi connectivity index (χ4v) is 3.95. The highest BCUT2D eigenvalue weighted by Crippen LogP contribution is 2.37. The average Bonchev–Trinajstić information content (AvgIpc) is 3.23. The number of aromatic nitrogens is 3. The van der Waals surface area contributed by atoms with Gasteiger partial charge >= 0.3 is 0 Å². The lowest BCUT2D eigenvalue weighted by molar-refractivity contribution is 0.137. The van der Waals surface area contributed by atoms with Gasteiger partial charge < -0.3 is 4.52 Å². The molecule has 5 nitrogen and oxygen atoms in total. The van der Waals surface area contributed by atoms with Gasteiger partial charge in [-0.1, -0.05) is 41.4 Å². The molecule has 0 saturated carbocycles. The molecule has 1 aromatic carbocycles. The number of piperidine rings is 1. The van der Waals surface area contributed by atoms with Crippen LogP contribution in [0, 0.1) is 20.8 Å². The maximum Gasteiger partial charge on any atom is 0.173 e. The number of nitrogens with one attached hydrogen (secondary N) is 1. The highest BCUT2D eigenvalue weighted by Gasteiger charge is 2.29. The van der Waals surface area contributed by atoms with Crippen LogP contribution in [0.5, 0.6) is 0 Å². The van der Waals surface area contributed by atoms with Gasteiger partial charge in [0, 0.05) is 12.1 Å². The second-order valence-electron chi connectivity index (χ2n) is 7.39. The van der Waals surface area contributed by atoms with Crippen LogP contribution < -0.4 is 0 Å². The number of benzene rings is 1. The van der Waals surface area contributed by atoms with Crippen molar-refractivity contribution < 1.29 is 4.52 Å². The van der Waals surface area contributed by atoms with E-state index < -0.39 is 0 Å². The van der Waals surface area contributed by atoms with Crippen molar-refractivity contribution in [3.05, 3.63) is 58.5 Å². The van der Waals surface area contributed by atoms with E-state index in [0.29, 0.717) is 6.04 Å². The topological polar surface area (TPSA) is 58.0 Å². The predicted molar refractivity (Wildman–Crippen MR) is 102 cm³/mol. The van der Waals surface area contributed by atoms with Gasteiger partial charge in [0.25, 0.3) is 0 Å². The zero-order valence-electron chi connectivity index (χ0n) is 15.7. The highest BCUT2D eigenvalue weighted by atomic mass is 16.5. The molecule has 1 atom stereocenters. The summed E-state index contributed by atoms with van der Waals surface area (Å²) >= 11 is 0. The summed E-state index contributed by atoms with van der Waals surface area (Å²) in [6.45, 7) is 8.25. The molecule has 1 N–H and O–H groups in total. The summed E-state index contributed by atoms with van der Waals surface area (Å²) in [5, 5.41) is 11.7. The van der Waals surface area contributed by atoms with Crippen molar-refractivity contribution in [3.8, 4) is 11.3 Å². The Kier molecular flexibility index (Phi) is 4.64. The van der Waals surface area contributed by atoms with Crippen LogP contribution in [-0.2, 0) is 6.54 Å². The van der Waals surface area contributed by atoms with E-state index in [9.17, 15) is 0 Å². The summed E-state index contributed by atoms with van der Waals surface area (Å²) in [7, 11) is 0. The number of aromatic amines is 1. The van der Waals surface area contributed by atoms with Gasteiger partial charge in [-0.15, -0.1) is 0 Å². The SMILES string of the molecule is Cc1cccc(CN2CCCCC2c2[nH]ncc2-c2onc(C)c2C)c1. The largest absolute Gasteiger partial charge is 0.356 e. The molecule has 5 heteroatoms. The quantitative estimate of drug-likeness (QED) is 0.740. The third kappa shape index (κ3) is 3.19. The summed E-state index contributed by atoms with van der Waals surface area (Å²) in [5.74, 6) is 0.840. The van der Waals surface area contributed by atoms with Crippen molar-refractivity contribution in [1.82, 2.24) is 20.3 Å². The van der Waals surface area contributed by atoms with Gasteiger partial charge in [-0.25, -0.2) is 0 Å². The fourth-order valence-electron chi connectivity index (χ4n) is 3.95. The first-order valence-corrected chi connectivity index (χ1v) is 9.39. The molecule has 0 bridgehead atoms. The van der Waals surface area contributed by atoms with Crippen LogP contribution in [0.4, 0.5) is 0 Å². The summed E-state index contributed by atoms with van der Waals surface area (Å²) in [6, 6.07) is 9.12. The Morgan fingerprint density at radius 1 is 1.23 bits per heavy atom. The Labute approximate surface area is 154 Å². The first-order chi connectivity index (χ1) is 12.6. The van der Waals surface area contributed by atoms with Crippen molar-refractivity contribution in [3.63, 3.8) is 0 Å². The molecule has 0 aliphatic carbocycles. The van der Waals surface area contributed by atoms with Crippen molar-refractivity contribution in [2.75, 3.05) is 6.54 Å². The van der Waals surface area contributed by atoms with E-state index in [1.54, 1.807) is 0 Å². The van der Waals surface area contributed by atoms with Crippen molar-refractivity contribution in [2.24, 2.45) is 0 Å². The number of hydrogen-bond acceptors (Lipinski definition) is 4. The Bertz CT molecular complexity index is 895. The Hall–Kier alpha value is -2.40. The van der Waals surface area contributed by atoms with Crippen molar-refractivity contribution >= 4 is 0 Å². The van der Waals surface area contributed by atoms with Crippen LogP contribution in [0.3, 0.4) is 0 Å². The van der Waals surface area contributed by atoms with Crippen molar-refractivity contribution in [2.45, 2.75) is 52.6 Å². The van der Waals surface area contributed by atoms with Crippen LogP contribution in [0.2, 0.25) is 0 Å². The number of aryl methyl sites for hydroxylation is 2. The first-order valence-electron chi connectivity index (χ1n) is 9.39. The molecular weight excluding hydrogens is 324 g/mol. The fraction of sp³-hybridized carbons (Fsp3) is 0.429.